The van der Waals surface area contributed by atoms with Gasteiger partial charge in [-0.3, -0.25) is 4.79 Å². The predicted octanol–water partition coefficient (Wildman–Crippen LogP) is 0.129. The van der Waals surface area contributed by atoms with Crippen LogP contribution in [-0.2, 0) is 14.5 Å². The van der Waals surface area contributed by atoms with Gasteiger partial charge in [0.2, 0.25) is 0 Å². The van der Waals surface area contributed by atoms with Crippen LogP contribution in [0, 0.1) is 0 Å². The third kappa shape index (κ3) is 6.25. The van der Waals surface area contributed by atoms with Crippen molar-refractivity contribution >= 4 is 21.5 Å². The first-order valence-electron chi connectivity index (χ1n) is 3.81. The Bertz CT molecular complexity index is 358. The van der Waals surface area contributed by atoms with Crippen molar-refractivity contribution < 1.29 is 13.6 Å². The summed E-state index contributed by atoms with van der Waals surface area (Å²) in [6, 6.07) is 0. The first-order valence-corrected chi connectivity index (χ1v) is 5.91. The van der Waals surface area contributed by atoms with Crippen LogP contribution in [0.3, 0.4) is 0 Å². The third-order valence-corrected chi connectivity index (χ3v) is 2.98. The monoisotopic (exact) mass is 203 g/mol. The van der Waals surface area contributed by atoms with E-state index in [0.29, 0.717) is 12.3 Å². The fraction of sp³-hybridized carbons (Fsp3) is 0.625. The molecule has 0 spiro atoms. The minimum absolute atomic E-state index is 0.353. The van der Waals surface area contributed by atoms with Crippen molar-refractivity contribution in [2.24, 2.45) is 4.36 Å². The lowest BCUT2D eigenvalue weighted by atomic mass is 10.7. The van der Waals surface area contributed by atoms with Crippen molar-refractivity contribution in [3.63, 3.8) is 0 Å². The summed E-state index contributed by atoms with van der Waals surface area (Å²) in [7, 11) is -0.596. The van der Waals surface area contributed by atoms with E-state index in [9.17, 15) is 9.00 Å². The van der Waals surface area contributed by atoms with Gasteiger partial charge in [-0.25, -0.2) is 4.21 Å². The summed E-state index contributed by atoms with van der Waals surface area (Å²) in [5, 5.41) is 0. The summed E-state index contributed by atoms with van der Waals surface area (Å²) in [5.41, 5.74) is 0. The molecule has 0 aliphatic rings. The second kappa shape index (κ2) is 4.94. The number of nitrogens with zero attached hydrogens (tertiary/aromatic N) is 2. The number of rotatable bonds is 3. The molecule has 0 bridgehead atoms. The van der Waals surface area contributed by atoms with E-state index in [4.69, 9.17) is 0 Å². The van der Waals surface area contributed by atoms with Gasteiger partial charge >= 0.3 is 0 Å². The van der Waals surface area contributed by atoms with Crippen molar-refractivity contribution in [2.45, 2.75) is 6.92 Å². The van der Waals surface area contributed by atoms with Crippen molar-refractivity contribution in [1.29, 1.82) is 0 Å². The van der Waals surface area contributed by atoms with E-state index < -0.39 is 15.6 Å². The highest BCUT2D eigenvalue weighted by Gasteiger charge is 2.06. The number of hydrogen-bond donors (Lipinski definition) is 0. The summed E-state index contributed by atoms with van der Waals surface area (Å²) >= 11 is 0. The van der Waals surface area contributed by atoms with Crippen molar-refractivity contribution in [2.75, 3.05) is 25.6 Å². The van der Waals surface area contributed by atoms with E-state index in [1.54, 1.807) is 11.6 Å². The molecule has 0 aliphatic carbocycles. The van der Waals surface area contributed by atoms with Crippen molar-refractivity contribution in [3.05, 3.63) is 6.58 Å². The van der Waals surface area contributed by atoms with Gasteiger partial charge in [0.05, 0.1) is 15.5 Å². The van der Waals surface area contributed by atoms with Gasteiger partial charge in [0.15, 0.2) is 12.4 Å². The van der Waals surface area contributed by atoms with Gasteiger partial charge in [0.25, 0.3) is 5.91 Å². The van der Waals surface area contributed by atoms with E-state index in [0.717, 1.165) is 0 Å². The zero-order valence-corrected chi connectivity index (χ0v) is 9.06. The van der Waals surface area contributed by atoms with E-state index >= 15 is 0 Å². The molecule has 1 atom stereocenters. The molecule has 0 aliphatic heterocycles. The average Bonchev–Trinajstić information content (AvgIpc) is 1.98. The second-order valence-electron chi connectivity index (χ2n) is 2.85. The number of amides is 1. The Labute approximate surface area is 79.1 Å². The van der Waals surface area contributed by atoms with Gasteiger partial charge in [0, 0.05) is 19.8 Å². The maximum atomic E-state index is 11.6. The SMILES string of the molecule is C=C=[N+](C)CCS(C)(=O)=NC(C)=O. The van der Waals surface area contributed by atoms with E-state index in [1.807, 2.05) is 0 Å². The van der Waals surface area contributed by atoms with Gasteiger partial charge < -0.3 is 0 Å². The molecule has 1 unspecified atom stereocenters. The molecule has 5 heteroatoms. The summed E-state index contributed by atoms with van der Waals surface area (Å²) in [5.74, 6) is 2.58. The van der Waals surface area contributed by atoms with Gasteiger partial charge in [-0.2, -0.15) is 8.94 Å². The largest absolute Gasteiger partial charge is 0.272 e. The highest BCUT2D eigenvalue weighted by atomic mass is 32.2. The summed E-state index contributed by atoms with van der Waals surface area (Å²) in [4.78, 5) is 10.6. The normalized spacial score (nSPS) is 14.1. The zero-order valence-electron chi connectivity index (χ0n) is 8.24. The van der Waals surface area contributed by atoms with E-state index in [-0.39, 0.29) is 0 Å². The average molecular weight is 203 g/mol. The third-order valence-electron chi connectivity index (χ3n) is 1.40. The minimum atomic E-state index is -2.37. The van der Waals surface area contributed by atoms with Crippen LogP contribution in [0.2, 0.25) is 0 Å². The highest BCUT2D eigenvalue weighted by molar-refractivity contribution is 7.93. The molecule has 0 N–H and O–H groups in total. The zero-order chi connectivity index (χ0) is 10.5. The molecule has 0 radical (unpaired) electrons. The van der Waals surface area contributed by atoms with Crippen molar-refractivity contribution in [3.8, 4) is 0 Å². The molecule has 0 saturated carbocycles. The van der Waals surface area contributed by atoms with Crippen LogP contribution < -0.4 is 0 Å². The maximum Gasteiger partial charge on any atom is 0.250 e. The number of carbonyl (C=O) groups is 1. The molecule has 0 heterocycles. The first kappa shape index (κ1) is 12.1. The smallest absolute Gasteiger partial charge is 0.250 e. The van der Waals surface area contributed by atoms with Gasteiger partial charge in [-0.15, -0.1) is 0 Å². The van der Waals surface area contributed by atoms with Crippen molar-refractivity contribution in [1.82, 2.24) is 0 Å². The molecule has 0 aromatic heterocycles. The molecule has 0 rings (SSSR count). The molecule has 74 valence electrons. The number of carbonyl (C=O) groups excluding carboxylic acids is 1. The predicted molar refractivity (Wildman–Crippen MR) is 53.7 cm³/mol. The lowest BCUT2D eigenvalue weighted by Crippen LogP contribution is -2.17. The Kier molecular flexibility index (Phi) is 4.59. The quantitative estimate of drug-likeness (QED) is 0.483. The Balaban J connectivity index is 4.46. The lowest BCUT2D eigenvalue weighted by Gasteiger charge is -1.98. The molecular weight excluding hydrogens is 188 g/mol. The van der Waals surface area contributed by atoms with Crippen LogP contribution in [-0.4, -0.2) is 46.2 Å². The molecule has 13 heavy (non-hydrogen) atoms. The molecule has 0 aromatic rings. The Morgan fingerprint density at radius 2 is 2.23 bits per heavy atom. The topological polar surface area (TPSA) is 49.5 Å². The molecule has 4 nitrogen and oxygen atoms in total. The van der Waals surface area contributed by atoms with E-state index in [2.05, 4.69) is 16.8 Å². The fourth-order valence-corrected chi connectivity index (χ4v) is 1.95. The Morgan fingerprint density at radius 1 is 1.69 bits per heavy atom. The Hall–Kier alpha value is -0.930. The second-order valence-corrected chi connectivity index (χ2v) is 5.36. The van der Waals surface area contributed by atoms with Gasteiger partial charge in [0.1, 0.15) is 7.05 Å². The van der Waals surface area contributed by atoms with Crippen LogP contribution in [0.15, 0.2) is 10.9 Å². The van der Waals surface area contributed by atoms with Crippen LogP contribution in [0.5, 0.6) is 0 Å². The standard InChI is InChI=1S/C8H15N2O2S/c1-5-10(3)6-7-13(4,12)9-8(2)11/h1,6-7H2,2-4H3/q+1. The minimum Gasteiger partial charge on any atom is -0.272 e. The van der Waals surface area contributed by atoms with Crippen LogP contribution in [0.25, 0.3) is 0 Å². The summed E-state index contributed by atoms with van der Waals surface area (Å²) < 4.78 is 16.8. The summed E-state index contributed by atoms with van der Waals surface area (Å²) in [6.45, 7) is 5.27. The molecular formula is C8H15N2O2S+. The molecule has 0 fully saturated rings. The van der Waals surface area contributed by atoms with Crippen LogP contribution in [0.1, 0.15) is 6.92 Å². The summed E-state index contributed by atoms with van der Waals surface area (Å²) in [6.07, 6.45) is 1.48. The lowest BCUT2D eigenvalue weighted by molar-refractivity contribution is -0.484. The van der Waals surface area contributed by atoms with E-state index in [1.165, 1.54) is 13.2 Å². The molecule has 0 aromatic carbocycles. The van der Waals surface area contributed by atoms with Gasteiger partial charge in [-0.1, -0.05) is 0 Å². The Morgan fingerprint density at radius 3 is 2.62 bits per heavy atom. The highest BCUT2D eigenvalue weighted by Crippen LogP contribution is 1.91. The number of hydrogen-bond acceptors (Lipinski definition) is 2. The molecule has 0 saturated heterocycles. The first-order chi connectivity index (χ1) is 5.87. The maximum absolute atomic E-state index is 11.6. The fourth-order valence-electron chi connectivity index (χ4n) is 0.703. The molecule has 1 amide bonds. The van der Waals surface area contributed by atoms with Crippen LogP contribution in [0.4, 0.5) is 0 Å². The van der Waals surface area contributed by atoms with Gasteiger partial charge in [-0.05, 0) is 0 Å². The van der Waals surface area contributed by atoms with Crippen LogP contribution >= 0.6 is 0 Å².